The van der Waals surface area contributed by atoms with Crippen LogP contribution in [-0.2, 0) is 14.3 Å². The van der Waals surface area contributed by atoms with E-state index in [0.29, 0.717) is 25.9 Å². The van der Waals surface area contributed by atoms with Crippen LogP contribution in [0.5, 0.6) is 0 Å². The molecule has 1 amide bonds. The van der Waals surface area contributed by atoms with Crippen molar-refractivity contribution in [2.75, 3.05) is 13.2 Å². The molecule has 0 aliphatic rings. The van der Waals surface area contributed by atoms with Gasteiger partial charge < -0.3 is 20.3 Å². The average Bonchev–Trinajstić information content (AvgIpc) is 3.38. The second-order valence-corrected chi connectivity index (χ2v) is 21.7. The van der Waals surface area contributed by atoms with E-state index in [4.69, 9.17) is 4.74 Å². The Bertz CT molecular complexity index is 1210. The number of hydrogen-bond donors (Lipinski definition) is 3. The van der Waals surface area contributed by atoms with Gasteiger partial charge in [-0.05, 0) is 77.0 Å². The van der Waals surface area contributed by atoms with E-state index in [1.807, 2.05) is 12.2 Å². The summed E-state index contributed by atoms with van der Waals surface area (Å²) in [5, 5.41) is 23.1. The van der Waals surface area contributed by atoms with Crippen LogP contribution in [0.2, 0.25) is 0 Å². The van der Waals surface area contributed by atoms with Crippen molar-refractivity contribution in [1.82, 2.24) is 5.32 Å². The molecule has 0 aliphatic heterocycles. The van der Waals surface area contributed by atoms with E-state index in [-0.39, 0.29) is 18.5 Å². The third-order valence-electron chi connectivity index (χ3n) is 14.6. The van der Waals surface area contributed by atoms with Gasteiger partial charge in [-0.25, -0.2) is 0 Å². The van der Waals surface area contributed by atoms with Crippen LogP contribution in [0.1, 0.15) is 335 Å². The highest BCUT2D eigenvalue weighted by molar-refractivity contribution is 5.76. The van der Waals surface area contributed by atoms with Gasteiger partial charge in [0.2, 0.25) is 5.91 Å². The quantitative estimate of drug-likeness (QED) is 0.0320. The van der Waals surface area contributed by atoms with Crippen LogP contribution in [0.25, 0.3) is 0 Å². The third-order valence-corrected chi connectivity index (χ3v) is 14.6. The van der Waals surface area contributed by atoms with E-state index in [0.717, 1.165) is 51.4 Å². The van der Waals surface area contributed by atoms with Crippen molar-refractivity contribution in [3.63, 3.8) is 0 Å². The minimum atomic E-state index is -0.882. The van der Waals surface area contributed by atoms with Crippen molar-refractivity contribution in [3.8, 4) is 0 Å². The van der Waals surface area contributed by atoms with Crippen LogP contribution in [0.15, 0.2) is 48.6 Å². The number of unbranched alkanes of at least 4 members (excludes halogenated alkanes) is 42. The van der Waals surface area contributed by atoms with Crippen LogP contribution >= 0.6 is 0 Å². The zero-order valence-electron chi connectivity index (χ0n) is 48.2. The number of nitrogens with one attached hydrogen (secondary N) is 1. The monoisotopic (exact) mass is 1010 g/mol. The van der Waals surface area contributed by atoms with Gasteiger partial charge in [0.1, 0.15) is 0 Å². The molecule has 422 valence electrons. The Morgan fingerprint density at radius 3 is 1.10 bits per heavy atom. The summed E-state index contributed by atoms with van der Waals surface area (Å²) in [4.78, 5) is 24.6. The standard InChI is InChI=1S/C66H123NO5/c1-3-5-7-9-11-13-15-17-19-21-23-24-25-26-27-28-29-31-34-38-42-46-50-54-58-64(69)63(62-68)67-65(70)59-55-51-47-43-39-35-33-37-41-45-49-53-57-61-72-66(71)60-56-52-48-44-40-36-32-30-22-20-18-16-14-12-10-8-6-4-2/h20,22,35,39,47,51,54,58,63-64,68-69H,3-19,21,23-34,36-38,40-46,48-50,52-53,55-57,59-62H2,1-2H3,(H,67,70)/b22-20-,39-35-,51-47-,58-54+. The Hall–Kier alpha value is -2.18. The highest BCUT2D eigenvalue weighted by Gasteiger charge is 2.17. The van der Waals surface area contributed by atoms with Crippen molar-refractivity contribution in [2.45, 2.75) is 347 Å². The molecule has 0 spiro atoms. The summed E-state index contributed by atoms with van der Waals surface area (Å²) in [6.07, 6.45) is 78.8. The predicted molar refractivity (Wildman–Crippen MR) is 315 cm³/mol. The summed E-state index contributed by atoms with van der Waals surface area (Å²) in [7, 11) is 0. The van der Waals surface area contributed by atoms with Gasteiger partial charge >= 0.3 is 5.97 Å². The second kappa shape index (κ2) is 61.4. The fourth-order valence-corrected chi connectivity index (χ4v) is 9.68. The van der Waals surface area contributed by atoms with E-state index in [2.05, 4.69) is 49.5 Å². The Morgan fingerprint density at radius 2 is 0.708 bits per heavy atom. The summed E-state index contributed by atoms with van der Waals surface area (Å²) in [6.45, 7) is 4.86. The number of carbonyl (C=O) groups excluding carboxylic acids is 2. The minimum Gasteiger partial charge on any atom is -0.466 e. The number of aliphatic hydroxyl groups is 2. The fraction of sp³-hybridized carbons (Fsp3) is 0.848. The number of hydrogen-bond acceptors (Lipinski definition) is 5. The lowest BCUT2D eigenvalue weighted by atomic mass is 10.0. The maximum atomic E-state index is 12.5. The lowest BCUT2D eigenvalue weighted by molar-refractivity contribution is -0.143. The Labute approximate surface area is 448 Å². The number of ether oxygens (including phenoxy) is 1. The zero-order valence-corrected chi connectivity index (χ0v) is 48.2. The molecule has 0 saturated carbocycles. The molecule has 3 N–H and O–H groups in total. The Kier molecular flexibility index (Phi) is 59.5. The van der Waals surface area contributed by atoms with Gasteiger partial charge in [-0.3, -0.25) is 9.59 Å². The number of aliphatic hydroxyl groups excluding tert-OH is 2. The molecular weight excluding hydrogens is 887 g/mol. The molecule has 0 rings (SSSR count). The molecule has 0 bridgehead atoms. The predicted octanol–water partition coefficient (Wildman–Crippen LogP) is 20.1. The van der Waals surface area contributed by atoms with E-state index >= 15 is 0 Å². The van der Waals surface area contributed by atoms with Gasteiger partial charge in [0, 0.05) is 12.8 Å². The number of allylic oxidation sites excluding steroid dienone is 7. The molecule has 2 atom stereocenters. The van der Waals surface area contributed by atoms with E-state index in [1.165, 1.54) is 250 Å². The molecule has 0 aromatic carbocycles. The molecular formula is C66H123NO5. The molecule has 0 radical (unpaired) electrons. The van der Waals surface area contributed by atoms with Gasteiger partial charge in [0.05, 0.1) is 25.4 Å². The van der Waals surface area contributed by atoms with Crippen molar-refractivity contribution in [2.24, 2.45) is 0 Å². The maximum Gasteiger partial charge on any atom is 0.305 e. The Balaban J connectivity index is 3.55. The van der Waals surface area contributed by atoms with Crippen molar-refractivity contribution in [1.29, 1.82) is 0 Å². The number of amides is 1. The van der Waals surface area contributed by atoms with Crippen molar-refractivity contribution < 1.29 is 24.5 Å². The number of carbonyl (C=O) groups is 2. The van der Waals surface area contributed by atoms with Gasteiger partial charge in [0.15, 0.2) is 0 Å². The highest BCUT2D eigenvalue weighted by atomic mass is 16.5. The molecule has 6 nitrogen and oxygen atoms in total. The van der Waals surface area contributed by atoms with Crippen LogP contribution < -0.4 is 5.32 Å². The summed E-state index contributed by atoms with van der Waals surface area (Å²) >= 11 is 0. The summed E-state index contributed by atoms with van der Waals surface area (Å²) in [5.74, 6) is -0.167. The summed E-state index contributed by atoms with van der Waals surface area (Å²) in [5.41, 5.74) is 0. The average molecular weight is 1010 g/mol. The molecule has 0 fully saturated rings. The van der Waals surface area contributed by atoms with Crippen molar-refractivity contribution >= 4 is 11.9 Å². The molecule has 6 heteroatoms. The second-order valence-electron chi connectivity index (χ2n) is 21.7. The lowest BCUT2D eigenvalue weighted by Gasteiger charge is -2.19. The number of rotatable bonds is 59. The van der Waals surface area contributed by atoms with Gasteiger partial charge in [0.25, 0.3) is 0 Å². The first-order valence-electron chi connectivity index (χ1n) is 31.9. The van der Waals surface area contributed by atoms with Crippen LogP contribution in [0.4, 0.5) is 0 Å². The topological polar surface area (TPSA) is 95.9 Å². The lowest BCUT2D eigenvalue weighted by Crippen LogP contribution is -2.45. The largest absolute Gasteiger partial charge is 0.466 e. The first kappa shape index (κ1) is 69.8. The molecule has 0 aromatic rings. The molecule has 0 aromatic heterocycles. The summed E-state index contributed by atoms with van der Waals surface area (Å²) in [6, 6.07) is -0.674. The third kappa shape index (κ3) is 57.1. The molecule has 0 aliphatic carbocycles. The van der Waals surface area contributed by atoms with Crippen LogP contribution in [-0.4, -0.2) is 47.4 Å². The van der Waals surface area contributed by atoms with Gasteiger partial charge in [-0.1, -0.05) is 294 Å². The highest BCUT2D eigenvalue weighted by Crippen LogP contribution is 2.17. The van der Waals surface area contributed by atoms with Gasteiger partial charge in [-0.2, -0.15) is 0 Å². The maximum absolute atomic E-state index is 12.5. The SMILES string of the molecule is CCCCCCCCC/C=C\CCCCCCCCCC(=O)OCCCCCCCC/C=C\C/C=C\CCC(=O)NC(CO)C(O)/C=C/CCCCCCCCCCCCCCCCCCCCCCCC. The molecule has 0 saturated heterocycles. The zero-order chi connectivity index (χ0) is 52.2. The number of esters is 1. The summed E-state index contributed by atoms with van der Waals surface area (Å²) < 4.78 is 5.47. The fourth-order valence-electron chi connectivity index (χ4n) is 9.68. The van der Waals surface area contributed by atoms with Crippen molar-refractivity contribution in [3.05, 3.63) is 48.6 Å². The van der Waals surface area contributed by atoms with Crippen LogP contribution in [0.3, 0.4) is 0 Å². The first-order valence-corrected chi connectivity index (χ1v) is 31.9. The molecule has 2 unspecified atom stereocenters. The molecule has 0 heterocycles. The van der Waals surface area contributed by atoms with E-state index in [9.17, 15) is 19.8 Å². The Morgan fingerprint density at radius 1 is 0.389 bits per heavy atom. The minimum absolute atomic E-state index is 0.0211. The van der Waals surface area contributed by atoms with Crippen LogP contribution in [0, 0.1) is 0 Å². The molecule has 72 heavy (non-hydrogen) atoms. The van der Waals surface area contributed by atoms with Gasteiger partial charge in [-0.15, -0.1) is 0 Å². The van der Waals surface area contributed by atoms with E-state index < -0.39 is 12.1 Å². The first-order chi connectivity index (χ1) is 35.5. The van der Waals surface area contributed by atoms with E-state index in [1.54, 1.807) is 6.08 Å². The smallest absolute Gasteiger partial charge is 0.305 e. The normalized spacial score (nSPS) is 12.9.